The number of benzene rings is 1. The van der Waals surface area contributed by atoms with Crippen LogP contribution in [0.15, 0.2) is 21.3 Å². The molecule has 2 aromatic rings. The van der Waals surface area contributed by atoms with Crippen molar-refractivity contribution in [3.63, 3.8) is 0 Å². The number of aryl methyl sites for hydroxylation is 2. The van der Waals surface area contributed by atoms with Gasteiger partial charge in [-0.15, -0.1) is 0 Å². The third-order valence-electron chi connectivity index (χ3n) is 5.59. The van der Waals surface area contributed by atoms with Crippen molar-refractivity contribution in [3.05, 3.63) is 39.2 Å². The third kappa shape index (κ3) is 3.74. The Hall–Kier alpha value is -2.83. The minimum Gasteiger partial charge on any atom is -0.496 e. The normalized spacial score (nSPS) is 17.0. The predicted molar refractivity (Wildman–Crippen MR) is 104 cm³/mol. The molecule has 2 heterocycles. The van der Waals surface area contributed by atoms with Crippen molar-refractivity contribution >= 4 is 22.8 Å². The molecule has 1 aliphatic heterocycles. The Morgan fingerprint density at radius 1 is 1.29 bits per heavy atom. The largest absolute Gasteiger partial charge is 0.496 e. The van der Waals surface area contributed by atoms with Crippen LogP contribution in [0.25, 0.3) is 11.0 Å². The van der Waals surface area contributed by atoms with Gasteiger partial charge in [-0.1, -0.05) is 0 Å². The van der Waals surface area contributed by atoms with Crippen molar-refractivity contribution in [3.8, 4) is 5.75 Å². The average Bonchev–Trinajstić information content (AvgIpc) is 2.68. The predicted octanol–water partition coefficient (Wildman–Crippen LogP) is 2.67. The van der Waals surface area contributed by atoms with E-state index < -0.39 is 17.5 Å². The number of amides is 1. The monoisotopic (exact) mass is 387 g/mol. The maximum atomic E-state index is 12.5. The summed E-state index contributed by atoms with van der Waals surface area (Å²) in [4.78, 5) is 37.9. The van der Waals surface area contributed by atoms with Crippen LogP contribution in [0.4, 0.5) is 0 Å². The van der Waals surface area contributed by atoms with Gasteiger partial charge < -0.3 is 19.2 Å². The molecule has 1 aromatic carbocycles. The fourth-order valence-electron chi connectivity index (χ4n) is 3.88. The van der Waals surface area contributed by atoms with E-state index in [1.807, 2.05) is 26.0 Å². The van der Waals surface area contributed by atoms with E-state index in [1.54, 1.807) is 12.0 Å². The molecule has 3 rings (SSSR count). The highest BCUT2D eigenvalue weighted by molar-refractivity contribution is 5.86. The quantitative estimate of drug-likeness (QED) is 0.792. The van der Waals surface area contributed by atoms with Gasteiger partial charge in [-0.3, -0.25) is 9.59 Å². The molecule has 7 nitrogen and oxygen atoms in total. The number of nitrogens with zero attached hydrogens (tertiary/aromatic N) is 1. The van der Waals surface area contributed by atoms with Crippen molar-refractivity contribution < 1.29 is 23.8 Å². The molecule has 0 saturated carbocycles. The Balaban J connectivity index is 1.80. The highest BCUT2D eigenvalue weighted by Gasteiger charge is 2.28. The summed E-state index contributed by atoms with van der Waals surface area (Å²) in [6.45, 7) is 4.49. The molecular formula is C21H25NO6. The standard InChI is InChI=1S/C21H25NO6/c1-12-15-6-8-17(27-3)13(2)19(15)28-21(26)16(12)7-9-18(23)22-10-4-5-14(11-22)20(24)25/h6,8,14H,4-5,7,9-11H2,1-3H3,(H,24,25). The molecule has 28 heavy (non-hydrogen) atoms. The molecule has 1 fully saturated rings. The number of carboxylic acids is 1. The molecule has 0 radical (unpaired) electrons. The fraction of sp³-hybridized carbons (Fsp3) is 0.476. The molecule has 1 aromatic heterocycles. The lowest BCUT2D eigenvalue weighted by atomic mass is 9.97. The van der Waals surface area contributed by atoms with E-state index in [2.05, 4.69) is 0 Å². The van der Waals surface area contributed by atoms with Crippen LogP contribution in [0.2, 0.25) is 0 Å². The zero-order valence-corrected chi connectivity index (χ0v) is 16.4. The lowest BCUT2D eigenvalue weighted by Crippen LogP contribution is -2.42. The number of hydrogen-bond acceptors (Lipinski definition) is 5. The van der Waals surface area contributed by atoms with Crippen LogP contribution in [-0.4, -0.2) is 42.1 Å². The Bertz CT molecular complexity index is 977. The first kappa shape index (κ1) is 19.9. The lowest BCUT2D eigenvalue weighted by molar-refractivity contribution is -0.145. The summed E-state index contributed by atoms with van der Waals surface area (Å²) >= 11 is 0. The number of carbonyl (C=O) groups excluding carboxylic acids is 1. The summed E-state index contributed by atoms with van der Waals surface area (Å²) in [7, 11) is 1.56. The van der Waals surface area contributed by atoms with Crippen LogP contribution in [0.5, 0.6) is 5.75 Å². The Morgan fingerprint density at radius 2 is 2.04 bits per heavy atom. The Morgan fingerprint density at radius 3 is 2.71 bits per heavy atom. The second-order valence-electron chi connectivity index (χ2n) is 7.28. The van der Waals surface area contributed by atoms with E-state index in [9.17, 15) is 19.5 Å². The summed E-state index contributed by atoms with van der Waals surface area (Å²) in [5.41, 5.74) is 2.09. The highest BCUT2D eigenvalue weighted by Crippen LogP contribution is 2.29. The molecule has 1 atom stereocenters. The Kier molecular flexibility index (Phi) is 5.72. The second kappa shape index (κ2) is 8.04. The van der Waals surface area contributed by atoms with E-state index >= 15 is 0 Å². The highest BCUT2D eigenvalue weighted by atomic mass is 16.5. The number of likely N-dealkylation sites (tertiary alicyclic amines) is 1. The van der Waals surface area contributed by atoms with Crippen molar-refractivity contribution in [1.29, 1.82) is 0 Å². The lowest BCUT2D eigenvalue weighted by Gasteiger charge is -2.30. The molecule has 7 heteroatoms. The number of rotatable bonds is 5. The number of methoxy groups -OCH3 is 1. The molecule has 1 amide bonds. The number of fused-ring (bicyclic) bond motifs is 1. The maximum Gasteiger partial charge on any atom is 0.339 e. The molecule has 0 bridgehead atoms. The number of carboxylic acid groups (broad SMARTS) is 1. The molecule has 150 valence electrons. The van der Waals surface area contributed by atoms with Gasteiger partial charge in [0, 0.05) is 36.0 Å². The summed E-state index contributed by atoms with van der Waals surface area (Å²) in [5.74, 6) is -0.857. The van der Waals surface area contributed by atoms with E-state index in [1.165, 1.54) is 0 Å². The second-order valence-corrected chi connectivity index (χ2v) is 7.28. The van der Waals surface area contributed by atoms with Gasteiger partial charge >= 0.3 is 11.6 Å². The smallest absolute Gasteiger partial charge is 0.339 e. The fourth-order valence-corrected chi connectivity index (χ4v) is 3.88. The topological polar surface area (TPSA) is 97.0 Å². The van der Waals surface area contributed by atoms with E-state index in [-0.39, 0.29) is 25.3 Å². The minimum atomic E-state index is -0.866. The van der Waals surface area contributed by atoms with Crippen molar-refractivity contribution in [2.24, 2.45) is 5.92 Å². The van der Waals surface area contributed by atoms with E-state index in [0.29, 0.717) is 36.3 Å². The summed E-state index contributed by atoms with van der Waals surface area (Å²) in [6, 6.07) is 3.69. The molecular weight excluding hydrogens is 362 g/mol. The van der Waals surface area contributed by atoms with Gasteiger partial charge in [0.05, 0.1) is 13.0 Å². The average molecular weight is 387 g/mol. The van der Waals surface area contributed by atoms with Gasteiger partial charge in [0.2, 0.25) is 5.91 Å². The van der Waals surface area contributed by atoms with Gasteiger partial charge in [0.15, 0.2) is 0 Å². The van der Waals surface area contributed by atoms with Crippen molar-refractivity contribution in [2.75, 3.05) is 20.2 Å². The van der Waals surface area contributed by atoms with Crippen LogP contribution in [0.1, 0.15) is 36.0 Å². The van der Waals surface area contributed by atoms with Gasteiger partial charge in [0.25, 0.3) is 0 Å². The molecule has 0 aliphatic carbocycles. The van der Waals surface area contributed by atoms with E-state index in [4.69, 9.17) is 9.15 Å². The SMILES string of the molecule is COc1ccc2c(C)c(CCC(=O)N3CCCC(C(=O)O)C3)c(=O)oc2c1C. The van der Waals surface area contributed by atoms with Crippen molar-refractivity contribution in [1.82, 2.24) is 4.90 Å². The molecule has 1 unspecified atom stereocenters. The van der Waals surface area contributed by atoms with Gasteiger partial charge in [-0.05, 0) is 50.8 Å². The first-order chi connectivity index (χ1) is 13.3. The molecule has 1 saturated heterocycles. The maximum absolute atomic E-state index is 12.5. The zero-order chi connectivity index (χ0) is 20.4. The minimum absolute atomic E-state index is 0.129. The molecule has 1 N–H and O–H groups in total. The van der Waals surface area contributed by atoms with Gasteiger partial charge in [0.1, 0.15) is 11.3 Å². The number of carbonyl (C=O) groups is 2. The van der Waals surface area contributed by atoms with Crippen LogP contribution >= 0.6 is 0 Å². The molecule has 1 aliphatic rings. The van der Waals surface area contributed by atoms with Gasteiger partial charge in [-0.2, -0.15) is 0 Å². The Labute approximate surface area is 162 Å². The first-order valence-corrected chi connectivity index (χ1v) is 9.44. The number of hydrogen-bond donors (Lipinski definition) is 1. The number of ether oxygens (including phenoxy) is 1. The van der Waals surface area contributed by atoms with Crippen LogP contribution in [0.3, 0.4) is 0 Å². The summed E-state index contributed by atoms with van der Waals surface area (Å²) < 4.78 is 10.8. The van der Waals surface area contributed by atoms with Gasteiger partial charge in [-0.25, -0.2) is 4.79 Å². The summed E-state index contributed by atoms with van der Waals surface area (Å²) in [6.07, 6.45) is 1.69. The van der Waals surface area contributed by atoms with Crippen LogP contribution in [-0.2, 0) is 16.0 Å². The van der Waals surface area contributed by atoms with Crippen LogP contribution < -0.4 is 10.4 Å². The number of aliphatic carboxylic acids is 1. The summed E-state index contributed by atoms with van der Waals surface area (Å²) in [5, 5.41) is 10.0. The van der Waals surface area contributed by atoms with Crippen LogP contribution in [0, 0.1) is 19.8 Å². The third-order valence-corrected chi connectivity index (χ3v) is 5.59. The zero-order valence-electron chi connectivity index (χ0n) is 16.4. The number of piperidine rings is 1. The molecule has 0 spiro atoms. The first-order valence-electron chi connectivity index (χ1n) is 9.44. The van der Waals surface area contributed by atoms with Crippen molar-refractivity contribution in [2.45, 2.75) is 39.5 Å². The van der Waals surface area contributed by atoms with E-state index in [0.717, 1.165) is 16.5 Å².